The van der Waals surface area contributed by atoms with E-state index in [1.54, 1.807) is 7.11 Å². The van der Waals surface area contributed by atoms with Gasteiger partial charge in [0, 0.05) is 38.1 Å². The van der Waals surface area contributed by atoms with Crippen LogP contribution in [0.5, 0.6) is 0 Å². The number of carbonyl (C=O) groups is 1. The first-order valence-corrected chi connectivity index (χ1v) is 7.36. The quantitative estimate of drug-likeness (QED) is 0.836. The molecule has 2 N–H and O–H groups in total. The van der Waals surface area contributed by atoms with Crippen molar-refractivity contribution in [3.63, 3.8) is 0 Å². The Morgan fingerprint density at radius 1 is 1.45 bits per heavy atom. The number of hydrogen-bond donors (Lipinski definition) is 2. The van der Waals surface area contributed by atoms with E-state index in [0.717, 1.165) is 38.1 Å². The Morgan fingerprint density at radius 2 is 2.30 bits per heavy atom. The minimum atomic E-state index is 0.0448. The third-order valence-corrected chi connectivity index (χ3v) is 4.49. The number of rotatable bonds is 6. The van der Waals surface area contributed by atoms with Crippen molar-refractivity contribution in [1.29, 1.82) is 0 Å². The normalized spacial score (nSPS) is 18.2. The van der Waals surface area contributed by atoms with Crippen molar-refractivity contribution in [3.8, 4) is 0 Å². The lowest BCUT2D eigenvalue weighted by Gasteiger charge is -2.15. The van der Waals surface area contributed by atoms with E-state index < -0.39 is 0 Å². The summed E-state index contributed by atoms with van der Waals surface area (Å²) in [5, 5.41) is 6.40. The lowest BCUT2D eigenvalue weighted by molar-refractivity contribution is 0.0938. The standard InChI is InChI=1S/C16H22N2O2/c1-20-9-7-16(5-6-16)11-18-15(19)13-2-3-14-12(10-13)4-8-17-14/h2-3,10,17H,4-9,11H2,1H3,(H,18,19). The van der Waals surface area contributed by atoms with Crippen LogP contribution in [0, 0.1) is 5.41 Å². The van der Waals surface area contributed by atoms with Gasteiger partial charge in [-0.1, -0.05) is 0 Å². The minimum Gasteiger partial charge on any atom is -0.385 e. The number of fused-ring (bicyclic) bond motifs is 1. The van der Waals surface area contributed by atoms with Crippen LogP contribution in [0.2, 0.25) is 0 Å². The lowest BCUT2D eigenvalue weighted by atomic mass is 10.0. The van der Waals surface area contributed by atoms with E-state index in [4.69, 9.17) is 4.74 Å². The molecule has 1 aromatic rings. The van der Waals surface area contributed by atoms with Crippen molar-refractivity contribution >= 4 is 11.6 Å². The third kappa shape index (κ3) is 2.80. The third-order valence-electron chi connectivity index (χ3n) is 4.49. The zero-order chi connectivity index (χ0) is 14.0. The first kappa shape index (κ1) is 13.4. The highest BCUT2D eigenvalue weighted by atomic mass is 16.5. The van der Waals surface area contributed by atoms with E-state index in [0.29, 0.717) is 5.41 Å². The maximum Gasteiger partial charge on any atom is 0.251 e. The summed E-state index contributed by atoms with van der Waals surface area (Å²) < 4.78 is 5.14. The zero-order valence-corrected chi connectivity index (χ0v) is 12.0. The maximum atomic E-state index is 12.2. The van der Waals surface area contributed by atoms with Crippen molar-refractivity contribution in [2.75, 3.05) is 32.1 Å². The molecule has 20 heavy (non-hydrogen) atoms. The number of ether oxygens (including phenoxy) is 1. The summed E-state index contributed by atoms with van der Waals surface area (Å²) in [6.07, 6.45) is 4.45. The minimum absolute atomic E-state index is 0.0448. The molecule has 1 amide bonds. The molecule has 0 unspecified atom stereocenters. The highest BCUT2D eigenvalue weighted by Crippen LogP contribution is 2.48. The molecular formula is C16H22N2O2. The van der Waals surface area contributed by atoms with E-state index >= 15 is 0 Å². The van der Waals surface area contributed by atoms with Gasteiger partial charge in [-0.05, 0) is 54.9 Å². The summed E-state index contributed by atoms with van der Waals surface area (Å²) in [6, 6.07) is 5.93. The maximum absolute atomic E-state index is 12.2. The van der Waals surface area contributed by atoms with Crippen molar-refractivity contribution in [1.82, 2.24) is 5.32 Å². The summed E-state index contributed by atoms with van der Waals surface area (Å²) in [5.74, 6) is 0.0448. The molecule has 1 saturated carbocycles. The summed E-state index contributed by atoms with van der Waals surface area (Å²) in [6.45, 7) is 2.52. The smallest absolute Gasteiger partial charge is 0.251 e. The average Bonchev–Trinajstić information content (AvgIpc) is 3.09. The van der Waals surface area contributed by atoms with Gasteiger partial charge in [-0.3, -0.25) is 4.79 Å². The van der Waals surface area contributed by atoms with Gasteiger partial charge in [0.1, 0.15) is 0 Å². The van der Waals surface area contributed by atoms with Gasteiger partial charge in [-0.15, -0.1) is 0 Å². The molecule has 2 aliphatic rings. The van der Waals surface area contributed by atoms with Gasteiger partial charge < -0.3 is 15.4 Å². The molecule has 108 valence electrons. The molecule has 3 rings (SSSR count). The van der Waals surface area contributed by atoms with Gasteiger partial charge in [0.2, 0.25) is 0 Å². The molecular weight excluding hydrogens is 252 g/mol. The molecule has 1 fully saturated rings. The summed E-state index contributed by atoms with van der Waals surface area (Å²) in [5.41, 5.74) is 3.48. The molecule has 4 nitrogen and oxygen atoms in total. The van der Waals surface area contributed by atoms with E-state index in [1.165, 1.54) is 24.1 Å². The number of hydrogen-bond acceptors (Lipinski definition) is 3. The number of amides is 1. The fourth-order valence-corrected chi connectivity index (χ4v) is 2.83. The van der Waals surface area contributed by atoms with Gasteiger partial charge >= 0.3 is 0 Å². The number of carbonyl (C=O) groups excluding carboxylic acids is 1. The Balaban J connectivity index is 1.57. The number of methoxy groups -OCH3 is 1. The predicted octanol–water partition coefficient (Wildman–Crippen LogP) is 2.20. The topological polar surface area (TPSA) is 50.4 Å². The Morgan fingerprint density at radius 3 is 3.05 bits per heavy atom. The van der Waals surface area contributed by atoms with Crippen LogP contribution in [0.25, 0.3) is 0 Å². The van der Waals surface area contributed by atoms with Crippen molar-refractivity contribution in [2.24, 2.45) is 5.41 Å². The molecule has 0 radical (unpaired) electrons. The molecule has 0 aromatic heterocycles. The van der Waals surface area contributed by atoms with Crippen molar-refractivity contribution < 1.29 is 9.53 Å². The van der Waals surface area contributed by atoms with Gasteiger partial charge in [0.15, 0.2) is 0 Å². The van der Waals surface area contributed by atoms with Gasteiger partial charge in [0.05, 0.1) is 0 Å². The van der Waals surface area contributed by atoms with Crippen LogP contribution < -0.4 is 10.6 Å². The first-order valence-electron chi connectivity index (χ1n) is 7.36. The monoisotopic (exact) mass is 274 g/mol. The van der Waals surface area contributed by atoms with Gasteiger partial charge in [-0.2, -0.15) is 0 Å². The van der Waals surface area contributed by atoms with E-state index in [2.05, 4.69) is 10.6 Å². The SMILES string of the molecule is COCCC1(CNC(=O)c2ccc3c(c2)CCN3)CC1. The lowest BCUT2D eigenvalue weighted by Crippen LogP contribution is -2.30. The molecule has 0 atom stereocenters. The first-order chi connectivity index (χ1) is 9.72. The molecule has 0 spiro atoms. The Bertz CT molecular complexity index is 509. The Kier molecular flexibility index (Phi) is 3.66. The van der Waals surface area contributed by atoms with Crippen LogP contribution in [0.1, 0.15) is 35.2 Å². The molecule has 1 aromatic carbocycles. The molecule has 0 bridgehead atoms. The van der Waals surface area contributed by atoms with E-state index in [-0.39, 0.29) is 5.91 Å². The summed E-state index contributed by atoms with van der Waals surface area (Å²) >= 11 is 0. The van der Waals surface area contributed by atoms with Crippen LogP contribution in [0.15, 0.2) is 18.2 Å². The molecule has 0 saturated heterocycles. The van der Waals surface area contributed by atoms with Gasteiger partial charge in [-0.25, -0.2) is 0 Å². The highest BCUT2D eigenvalue weighted by Gasteiger charge is 2.42. The summed E-state index contributed by atoms with van der Waals surface area (Å²) in [4.78, 5) is 12.2. The fourth-order valence-electron chi connectivity index (χ4n) is 2.83. The fraction of sp³-hybridized carbons (Fsp3) is 0.562. The Hall–Kier alpha value is -1.55. The predicted molar refractivity (Wildman–Crippen MR) is 79.1 cm³/mol. The van der Waals surface area contributed by atoms with Crippen LogP contribution in [-0.4, -0.2) is 32.7 Å². The number of anilines is 1. The Labute approximate surface area is 119 Å². The second kappa shape index (κ2) is 5.44. The largest absolute Gasteiger partial charge is 0.385 e. The summed E-state index contributed by atoms with van der Waals surface area (Å²) in [7, 11) is 1.73. The van der Waals surface area contributed by atoms with Crippen LogP contribution in [0.3, 0.4) is 0 Å². The molecule has 1 aliphatic heterocycles. The highest BCUT2D eigenvalue weighted by molar-refractivity contribution is 5.95. The van der Waals surface area contributed by atoms with Crippen LogP contribution in [0.4, 0.5) is 5.69 Å². The van der Waals surface area contributed by atoms with Crippen LogP contribution in [-0.2, 0) is 11.2 Å². The van der Waals surface area contributed by atoms with E-state index in [9.17, 15) is 4.79 Å². The molecule has 4 heteroatoms. The second-order valence-electron chi connectivity index (χ2n) is 5.97. The number of benzene rings is 1. The zero-order valence-electron chi connectivity index (χ0n) is 12.0. The number of nitrogens with one attached hydrogen (secondary N) is 2. The van der Waals surface area contributed by atoms with Crippen molar-refractivity contribution in [2.45, 2.75) is 25.7 Å². The second-order valence-corrected chi connectivity index (χ2v) is 5.97. The van der Waals surface area contributed by atoms with Crippen LogP contribution >= 0.6 is 0 Å². The van der Waals surface area contributed by atoms with Gasteiger partial charge in [0.25, 0.3) is 5.91 Å². The van der Waals surface area contributed by atoms with E-state index in [1.807, 2.05) is 18.2 Å². The van der Waals surface area contributed by atoms with Crippen molar-refractivity contribution in [3.05, 3.63) is 29.3 Å². The molecule has 1 aliphatic carbocycles. The molecule has 1 heterocycles. The average molecular weight is 274 g/mol.